The predicted octanol–water partition coefficient (Wildman–Crippen LogP) is 4.26. The molecule has 1 atom stereocenters. The summed E-state index contributed by atoms with van der Waals surface area (Å²) in [5, 5.41) is 5.51. The van der Waals surface area contributed by atoms with Gasteiger partial charge in [-0.05, 0) is 30.5 Å². The first kappa shape index (κ1) is 15.8. The van der Waals surface area contributed by atoms with Gasteiger partial charge in [0.15, 0.2) is 0 Å². The molecule has 4 nitrogen and oxygen atoms in total. The molecule has 0 saturated carbocycles. The maximum Gasteiger partial charge on any atom is 0.258 e. The van der Waals surface area contributed by atoms with E-state index in [1.165, 1.54) is 5.56 Å². The number of rotatable bonds is 4. The van der Waals surface area contributed by atoms with E-state index in [9.17, 15) is 4.79 Å². The predicted molar refractivity (Wildman–Crippen MR) is 101 cm³/mol. The van der Waals surface area contributed by atoms with Gasteiger partial charge in [0.25, 0.3) is 5.91 Å². The highest BCUT2D eigenvalue weighted by atomic mass is 32.1. The van der Waals surface area contributed by atoms with Crippen LogP contribution in [0.3, 0.4) is 0 Å². The third-order valence-electron chi connectivity index (χ3n) is 4.57. The summed E-state index contributed by atoms with van der Waals surface area (Å²) < 4.78 is 0. The average molecular weight is 349 g/mol. The van der Waals surface area contributed by atoms with Crippen molar-refractivity contribution >= 4 is 22.9 Å². The van der Waals surface area contributed by atoms with Crippen LogP contribution in [0.4, 0.5) is 5.69 Å². The summed E-state index contributed by atoms with van der Waals surface area (Å²) in [4.78, 5) is 19.6. The van der Waals surface area contributed by atoms with E-state index < -0.39 is 0 Å². The van der Waals surface area contributed by atoms with Crippen LogP contribution in [-0.2, 0) is 6.42 Å². The summed E-state index contributed by atoms with van der Waals surface area (Å²) >= 11 is 1.55. The van der Waals surface area contributed by atoms with E-state index in [1.807, 2.05) is 59.1 Å². The van der Waals surface area contributed by atoms with Crippen LogP contribution in [0, 0.1) is 6.92 Å². The van der Waals surface area contributed by atoms with Gasteiger partial charge >= 0.3 is 0 Å². The van der Waals surface area contributed by atoms with E-state index in [4.69, 9.17) is 0 Å². The molecule has 0 spiro atoms. The number of carbonyl (C=O) groups is 1. The van der Waals surface area contributed by atoms with Crippen molar-refractivity contribution in [2.75, 3.05) is 11.9 Å². The van der Waals surface area contributed by atoms with Crippen molar-refractivity contribution in [2.45, 2.75) is 19.5 Å². The van der Waals surface area contributed by atoms with Crippen LogP contribution in [0.25, 0.3) is 0 Å². The monoisotopic (exact) mass is 349 g/mol. The molecule has 0 fully saturated rings. The third-order valence-corrected chi connectivity index (χ3v) is 5.17. The fourth-order valence-electron chi connectivity index (χ4n) is 3.27. The number of aromatic nitrogens is 1. The molecule has 25 heavy (non-hydrogen) atoms. The Morgan fingerprint density at radius 1 is 1.16 bits per heavy atom. The Labute approximate surface area is 151 Å². The fourth-order valence-corrected chi connectivity index (χ4v) is 3.85. The smallest absolute Gasteiger partial charge is 0.258 e. The first-order valence-corrected chi connectivity index (χ1v) is 9.27. The lowest BCUT2D eigenvalue weighted by Crippen LogP contribution is -2.44. The quantitative estimate of drug-likeness (QED) is 0.765. The number of hydrogen-bond donors (Lipinski definition) is 1. The lowest BCUT2D eigenvalue weighted by Gasteiger charge is -2.37. The minimum absolute atomic E-state index is 0.0702. The Morgan fingerprint density at radius 2 is 2.00 bits per heavy atom. The summed E-state index contributed by atoms with van der Waals surface area (Å²) in [7, 11) is 0. The van der Waals surface area contributed by atoms with Crippen LogP contribution in [0.15, 0.2) is 59.4 Å². The molecule has 0 radical (unpaired) electrons. The SMILES string of the molecule is Cc1cccc2c1C(=O)N(CCc1ccccc1)[C@H](c1cscn1)N2. The highest BCUT2D eigenvalue weighted by Gasteiger charge is 2.34. The molecule has 1 aliphatic heterocycles. The van der Waals surface area contributed by atoms with Crippen LogP contribution >= 0.6 is 11.3 Å². The topological polar surface area (TPSA) is 45.2 Å². The Hall–Kier alpha value is -2.66. The van der Waals surface area contributed by atoms with Gasteiger partial charge in [0, 0.05) is 17.6 Å². The zero-order chi connectivity index (χ0) is 17.2. The van der Waals surface area contributed by atoms with Crippen LogP contribution in [-0.4, -0.2) is 22.3 Å². The molecule has 1 N–H and O–H groups in total. The molecular formula is C20H19N3OS. The van der Waals surface area contributed by atoms with E-state index in [0.717, 1.165) is 28.9 Å². The Morgan fingerprint density at radius 3 is 2.76 bits per heavy atom. The highest BCUT2D eigenvalue weighted by molar-refractivity contribution is 7.07. The summed E-state index contributed by atoms with van der Waals surface area (Å²) in [6.07, 6.45) is 0.590. The van der Waals surface area contributed by atoms with Crippen molar-refractivity contribution < 1.29 is 4.79 Å². The molecule has 2 heterocycles. The standard InChI is InChI=1S/C20H19N3OS/c1-14-6-5-9-16-18(14)20(24)23(11-10-15-7-3-2-4-8-15)19(22-16)17-12-25-13-21-17/h2-9,12-13,19,22H,10-11H2,1H3/t19-/m1/s1. The number of thiazole rings is 1. The molecule has 1 aromatic heterocycles. The first-order chi connectivity index (χ1) is 12.2. The molecule has 126 valence electrons. The number of carbonyl (C=O) groups excluding carboxylic acids is 1. The first-order valence-electron chi connectivity index (χ1n) is 8.33. The molecule has 4 rings (SSSR count). The van der Waals surface area contributed by atoms with Gasteiger partial charge in [-0.1, -0.05) is 42.5 Å². The number of benzene rings is 2. The van der Waals surface area contributed by atoms with Crippen molar-refractivity contribution in [3.63, 3.8) is 0 Å². The summed E-state index contributed by atoms with van der Waals surface area (Å²) in [5.74, 6) is 0.0702. The van der Waals surface area contributed by atoms with Gasteiger partial charge in [-0.15, -0.1) is 11.3 Å². The maximum absolute atomic E-state index is 13.2. The van der Waals surface area contributed by atoms with Gasteiger partial charge in [-0.25, -0.2) is 4.98 Å². The van der Waals surface area contributed by atoms with Gasteiger partial charge in [0.05, 0.1) is 16.8 Å². The van der Waals surface area contributed by atoms with Crippen molar-refractivity contribution in [1.29, 1.82) is 0 Å². The summed E-state index contributed by atoms with van der Waals surface area (Å²) in [6, 6.07) is 16.2. The number of aryl methyl sites for hydroxylation is 1. The summed E-state index contributed by atoms with van der Waals surface area (Å²) in [5.41, 5.74) is 6.57. The number of nitrogens with one attached hydrogen (secondary N) is 1. The molecule has 5 heteroatoms. The van der Waals surface area contributed by atoms with Crippen molar-refractivity contribution in [2.24, 2.45) is 0 Å². The minimum Gasteiger partial charge on any atom is -0.359 e. The van der Waals surface area contributed by atoms with Crippen molar-refractivity contribution in [3.8, 4) is 0 Å². The molecule has 3 aromatic rings. The van der Waals surface area contributed by atoms with Crippen LogP contribution in [0.1, 0.15) is 33.3 Å². The molecule has 1 amide bonds. The van der Waals surface area contributed by atoms with Crippen molar-refractivity contribution in [3.05, 3.63) is 81.8 Å². The lowest BCUT2D eigenvalue weighted by molar-refractivity contribution is 0.0681. The molecule has 0 saturated heterocycles. The average Bonchev–Trinajstić information content (AvgIpc) is 3.16. The Balaban J connectivity index is 1.68. The highest BCUT2D eigenvalue weighted by Crippen LogP contribution is 2.34. The Kier molecular flexibility index (Phi) is 4.24. The largest absolute Gasteiger partial charge is 0.359 e. The van der Waals surface area contributed by atoms with Crippen molar-refractivity contribution in [1.82, 2.24) is 9.88 Å². The van der Waals surface area contributed by atoms with Gasteiger partial charge in [0.2, 0.25) is 0 Å². The fraction of sp³-hybridized carbons (Fsp3) is 0.200. The number of hydrogen-bond acceptors (Lipinski definition) is 4. The van der Waals surface area contributed by atoms with Gasteiger partial charge < -0.3 is 10.2 Å². The number of amides is 1. The third kappa shape index (κ3) is 3.03. The van der Waals surface area contributed by atoms with E-state index in [1.54, 1.807) is 11.3 Å². The molecule has 2 aromatic carbocycles. The van der Waals surface area contributed by atoms with Crippen LogP contribution < -0.4 is 5.32 Å². The molecular weight excluding hydrogens is 330 g/mol. The second-order valence-electron chi connectivity index (χ2n) is 6.19. The van der Waals surface area contributed by atoms with Crippen LogP contribution in [0.5, 0.6) is 0 Å². The zero-order valence-corrected chi connectivity index (χ0v) is 14.8. The molecule has 1 aliphatic rings. The molecule has 0 bridgehead atoms. The Bertz CT molecular complexity index is 877. The summed E-state index contributed by atoms with van der Waals surface area (Å²) in [6.45, 7) is 2.63. The number of fused-ring (bicyclic) bond motifs is 1. The normalized spacial score (nSPS) is 16.4. The van der Waals surface area contributed by atoms with Crippen LogP contribution in [0.2, 0.25) is 0 Å². The second-order valence-corrected chi connectivity index (χ2v) is 6.91. The van der Waals surface area contributed by atoms with Gasteiger partial charge in [-0.2, -0.15) is 0 Å². The molecule has 0 unspecified atom stereocenters. The maximum atomic E-state index is 13.2. The van der Waals surface area contributed by atoms with Gasteiger partial charge in [0.1, 0.15) is 6.17 Å². The second kappa shape index (κ2) is 6.69. The minimum atomic E-state index is -0.225. The van der Waals surface area contributed by atoms with E-state index in [-0.39, 0.29) is 12.1 Å². The lowest BCUT2D eigenvalue weighted by atomic mass is 10.0. The number of anilines is 1. The number of nitrogens with zero attached hydrogens (tertiary/aromatic N) is 2. The zero-order valence-electron chi connectivity index (χ0n) is 14.0. The van der Waals surface area contributed by atoms with E-state index in [0.29, 0.717) is 6.54 Å². The van der Waals surface area contributed by atoms with E-state index in [2.05, 4.69) is 22.4 Å². The van der Waals surface area contributed by atoms with E-state index >= 15 is 0 Å². The molecule has 0 aliphatic carbocycles. The van der Waals surface area contributed by atoms with Gasteiger partial charge in [-0.3, -0.25) is 4.79 Å².